The highest BCUT2D eigenvalue weighted by Crippen LogP contribution is 2.23. The molecule has 0 spiro atoms. The quantitative estimate of drug-likeness (QED) is 0.871. The van der Waals surface area contributed by atoms with Gasteiger partial charge in [-0.1, -0.05) is 0 Å². The van der Waals surface area contributed by atoms with Gasteiger partial charge >= 0.3 is 0 Å². The van der Waals surface area contributed by atoms with Gasteiger partial charge in [-0.2, -0.15) is 10.1 Å². The first-order valence-corrected chi connectivity index (χ1v) is 8.73. The Hall–Kier alpha value is -2.38. The number of anilines is 1. The van der Waals surface area contributed by atoms with Crippen LogP contribution in [0.5, 0.6) is 0 Å². The van der Waals surface area contributed by atoms with Gasteiger partial charge in [0.2, 0.25) is 11.9 Å². The highest BCUT2D eigenvalue weighted by Gasteiger charge is 2.24. The molecule has 2 aromatic rings. The molecule has 8 heteroatoms. The van der Waals surface area contributed by atoms with Crippen molar-refractivity contribution >= 4 is 22.9 Å². The van der Waals surface area contributed by atoms with E-state index in [1.54, 1.807) is 10.9 Å². The van der Waals surface area contributed by atoms with E-state index in [2.05, 4.69) is 20.3 Å². The number of hydrogen-bond acceptors (Lipinski definition) is 5. The number of rotatable bonds is 3. The lowest BCUT2D eigenvalue weighted by Crippen LogP contribution is -2.41. The number of hydrogen-bond donors (Lipinski definition) is 2. The molecule has 0 radical (unpaired) electrons. The van der Waals surface area contributed by atoms with Crippen LogP contribution in [0.2, 0.25) is 0 Å². The fourth-order valence-corrected chi connectivity index (χ4v) is 3.26. The molecule has 136 valence electrons. The molecule has 2 aromatic heterocycles. The van der Waals surface area contributed by atoms with E-state index >= 15 is 0 Å². The number of aromatic nitrogens is 4. The lowest BCUT2D eigenvalue weighted by atomic mass is 9.98. The van der Waals surface area contributed by atoms with E-state index < -0.39 is 0 Å². The Labute approximate surface area is 146 Å². The van der Waals surface area contributed by atoms with Gasteiger partial charge in [0.05, 0.1) is 11.7 Å². The number of nitrogens with zero attached hydrogens (tertiary/aromatic N) is 4. The first-order chi connectivity index (χ1) is 11.8. The zero-order chi connectivity index (χ0) is 18.2. The van der Waals surface area contributed by atoms with Crippen molar-refractivity contribution in [3.05, 3.63) is 16.6 Å². The van der Waals surface area contributed by atoms with Crippen LogP contribution in [0, 0.1) is 5.92 Å². The van der Waals surface area contributed by atoms with Crippen molar-refractivity contribution in [2.24, 2.45) is 5.92 Å². The van der Waals surface area contributed by atoms with Gasteiger partial charge in [-0.05, 0) is 39.5 Å². The maximum absolute atomic E-state index is 12.4. The van der Waals surface area contributed by atoms with E-state index in [4.69, 9.17) is 4.98 Å². The molecular formula is C17H26N6O2. The van der Waals surface area contributed by atoms with Crippen molar-refractivity contribution in [3.63, 3.8) is 0 Å². The van der Waals surface area contributed by atoms with Gasteiger partial charge in [-0.3, -0.25) is 14.6 Å². The molecule has 3 heterocycles. The van der Waals surface area contributed by atoms with Crippen molar-refractivity contribution in [3.8, 4) is 0 Å². The number of amides is 1. The predicted octanol–water partition coefficient (Wildman–Crippen LogP) is 1.23. The van der Waals surface area contributed by atoms with Crippen molar-refractivity contribution in [2.45, 2.75) is 46.1 Å². The van der Waals surface area contributed by atoms with Crippen LogP contribution in [0.1, 0.15) is 40.5 Å². The second-order valence-electron chi connectivity index (χ2n) is 7.75. The van der Waals surface area contributed by atoms with Gasteiger partial charge in [0.25, 0.3) is 5.56 Å². The minimum atomic E-state index is -0.254. The van der Waals surface area contributed by atoms with E-state index in [0.717, 1.165) is 25.9 Å². The minimum absolute atomic E-state index is 0.0147. The molecular weight excluding hydrogens is 320 g/mol. The zero-order valence-electron chi connectivity index (χ0n) is 15.3. The first kappa shape index (κ1) is 17.4. The molecule has 1 unspecified atom stereocenters. The number of piperidine rings is 1. The molecule has 1 aliphatic heterocycles. The van der Waals surface area contributed by atoms with E-state index in [-0.39, 0.29) is 17.0 Å². The van der Waals surface area contributed by atoms with Crippen molar-refractivity contribution in [1.29, 1.82) is 0 Å². The summed E-state index contributed by atoms with van der Waals surface area (Å²) in [7, 11) is 0. The maximum atomic E-state index is 12.4. The first-order valence-electron chi connectivity index (χ1n) is 8.73. The number of nitrogens with one attached hydrogen (secondary N) is 2. The van der Waals surface area contributed by atoms with E-state index in [0.29, 0.717) is 29.4 Å². The second-order valence-corrected chi connectivity index (χ2v) is 7.75. The summed E-state index contributed by atoms with van der Waals surface area (Å²) in [5.41, 5.74) is 0.185. The summed E-state index contributed by atoms with van der Waals surface area (Å²) >= 11 is 0. The Morgan fingerprint density at radius 2 is 2.20 bits per heavy atom. The Morgan fingerprint density at radius 3 is 2.88 bits per heavy atom. The maximum Gasteiger partial charge on any atom is 0.263 e. The molecule has 1 amide bonds. The number of carbonyl (C=O) groups excluding carboxylic acids is 1. The van der Waals surface area contributed by atoms with Crippen LogP contribution in [0.4, 0.5) is 5.95 Å². The monoisotopic (exact) mass is 346 g/mol. The average Bonchev–Trinajstić information content (AvgIpc) is 2.98. The third kappa shape index (κ3) is 3.67. The van der Waals surface area contributed by atoms with E-state index in [1.807, 2.05) is 20.8 Å². The van der Waals surface area contributed by atoms with Crippen LogP contribution in [-0.2, 0) is 10.3 Å². The molecule has 1 fully saturated rings. The molecule has 25 heavy (non-hydrogen) atoms. The van der Waals surface area contributed by atoms with Crippen LogP contribution < -0.4 is 15.8 Å². The number of H-pyrrole nitrogens is 1. The zero-order valence-corrected chi connectivity index (χ0v) is 15.3. The molecule has 3 rings (SSSR count). The standard InChI is InChI=1S/C17H26N6O2/c1-11(24)18-8-12-6-5-7-22(10-12)16-20-14-13(15(25)21-16)9-19-23(14)17(2,3)4/h9,12H,5-8,10H2,1-4H3,(H,18,24)(H,20,21,25). The molecule has 1 saturated heterocycles. The highest BCUT2D eigenvalue weighted by molar-refractivity contribution is 5.75. The van der Waals surface area contributed by atoms with Crippen LogP contribution in [0.3, 0.4) is 0 Å². The number of carbonyl (C=O) groups is 1. The van der Waals surface area contributed by atoms with Gasteiger partial charge < -0.3 is 10.2 Å². The molecule has 0 aromatic carbocycles. The van der Waals surface area contributed by atoms with Crippen LogP contribution in [-0.4, -0.2) is 45.3 Å². The number of fused-ring (bicyclic) bond motifs is 1. The minimum Gasteiger partial charge on any atom is -0.356 e. The van der Waals surface area contributed by atoms with Crippen molar-refractivity contribution < 1.29 is 4.79 Å². The van der Waals surface area contributed by atoms with Crippen molar-refractivity contribution in [2.75, 3.05) is 24.5 Å². The summed E-state index contributed by atoms with van der Waals surface area (Å²) in [5, 5.41) is 7.73. The SMILES string of the molecule is CC(=O)NCC1CCCN(c2nc3c(cnn3C(C)(C)C)c(=O)[nH]2)C1. The van der Waals surface area contributed by atoms with Gasteiger partial charge in [0, 0.05) is 26.6 Å². The lowest BCUT2D eigenvalue weighted by molar-refractivity contribution is -0.119. The van der Waals surface area contributed by atoms with E-state index in [9.17, 15) is 9.59 Å². The summed E-state index contributed by atoms with van der Waals surface area (Å²) < 4.78 is 1.79. The van der Waals surface area contributed by atoms with Gasteiger partial charge in [-0.25, -0.2) is 4.68 Å². The van der Waals surface area contributed by atoms with E-state index in [1.165, 1.54) is 6.92 Å². The smallest absolute Gasteiger partial charge is 0.263 e. The third-order valence-electron chi connectivity index (χ3n) is 4.52. The van der Waals surface area contributed by atoms with Crippen LogP contribution in [0.25, 0.3) is 11.0 Å². The van der Waals surface area contributed by atoms with Crippen LogP contribution >= 0.6 is 0 Å². The number of aromatic amines is 1. The molecule has 8 nitrogen and oxygen atoms in total. The molecule has 1 atom stereocenters. The predicted molar refractivity (Wildman–Crippen MR) is 96.8 cm³/mol. The molecule has 0 bridgehead atoms. The molecule has 0 aliphatic carbocycles. The third-order valence-corrected chi connectivity index (χ3v) is 4.52. The lowest BCUT2D eigenvalue weighted by Gasteiger charge is -2.33. The summed E-state index contributed by atoms with van der Waals surface area (Å²) in [6, 6.07) is 0. The summed E-state index contributed by atoms with van der Waals surface area (Å²) in [6.07, 6.45) is 3.64. The largest absolute Gasteiger partial charge is 0.356 e. The van der Waals surface area contributed by atoms with Gasteiger partial charge in [0.15, 0.2) is 5.65 Å². The summed E-state index contributed by atoms with van der Waals surface area (Å²) in [4.78, 5) is 33.3. The van der Waals surface area contributed by atoms with Gasteiger partial charge in [-0.15, -0.1) is 0 Å². The van der Waals surface area contributed by atoms with Crippen molar-refractivity contribution in [1.82, 2.24) is 25.1 Å². The fraction of sp³-hybridized carbons (Fsp3) is 0.647. The Morgan fingerprint density at radius 1 is 1.44 bits per heavy atom. The Kier molecular flexibility index (Phi) is 4.53. The topological polar surface area (TPSA) is 95.9 Å². The molecule has 1 aliphatic rings. The van der Waals surface area contributed by atoms with Gasteiger partial charge in [0.1, 0.15) is 5.39 Å². The Bertz CT molecular complexity index is 832. The average molecular weight is 346 g/mol. The fourth-order valence-electron chi connectivity index (χ4n) is 3.26. The Balaban J connectivity index is 1.90. The summed E-state index contributed by atoms with van der Waals surface area (Å²) in [6.45, 7) is 9.89. The highest BCUT2D eigenvalue weighted by atomic mass is 16.1. The normalized spacial score (nSPS) is 18.6. The molecule has 0 saturated carbocycles. The summed E-state index contributed by atoms with van der Waals surface area (Å²) in [5.74, 6) is 0.918. The molecule has 2 N–H and O–H groups in total. The van der Waals surface area contributed by atoms with Crippen LogP contribution in [0.15, 0.2) is 11.0 Å². The second kappa shape index (κ2) is 6.50.